The van der Waals surface area contributed by atoms with E-state index in [2.05, 4.69) is 4.90 Å². The minimum absolute atomic E-state index is 0.0747. The summed E-state index contributed by atoms with van der Waals surface area (Å²) in [6.07, 6.45) is 0. The molecule has 1 aromatic carbocycles. The quantitative estimate of drug-likeness (QED) is 0.591. The number of ether oxygens (including phenoxy) is 1. The fraction of sp³-hybridized carbons (Fsp3) is 0.571. The predicted octanol–water partition coefficient (Wildman–Crippen LogP) is 0.608. The Morgan fingerprint density at radius 1 is 1.30 bits per heavy atom. The van der Waals surface area contributed by atoms with Crippen LogP contribution in [0.25, 0.3) is 0 Å². The molecule has 0 bridgehead atoms. The number of fused-ring (bicyclic) bond motifs is 1. The third kappa shape index (κ3) is 3.09. The van der Waals surface area contributed by atoms with Crippen molar-refractivity contribution in [2.24, 2.45) is 0 Å². The lowest BCUT2D eigenvalue weighted by molar-refractivity contribution is -0.385. The molecule has 0 saturated carbocycles. The Morgan fingerprint density at radius 2 is 2.09 bits per heavy atom. The van der Waals surface area contributed by atoms with Gasteiger partial charge in [-0.25, -0.2) is 8.42 Å². The van der Waals surface area contributed by atoms with E-state index in [1.165, 1.54) is 22.5 Å². The van der Waals surface area contributed by atoms with Gasteiger partial charge >= 0.3 is 0 Å². The van der Waals surface area contributed by atoms with Gasteiger partial charge in [-0.2, -0.15) is 4.31 Å². The van der Waals surface area contributed by atoms with Crippen molar-refractivity contribution in [3.63, 3.8) is 0 Å². The minimum Gasteiger partial charge on any atom is -0.378 e. The number of hydrogen-bond donors (Lipinski definition) is 0. The fourth-order valence-corrected chi connectivity index (χ4v) is 4.79. The summed E-state index contributed by atoms with van der Waals surface area (Å²) < 4.78 is 32.6. The van der Waals surface area contributed by atoms with E-state index < -0.39 is 14.9 Å². The number of hydrogen-bond acceptors (Lipinski definition) is 6. The van der Waals surface area contributed by atoms with Crippen molar-refractivity contribution in [3.05, 3.63) is 33.9 Å². The van der Waals surface area contributed by atoms with Gasteiger partial charge in [0, 0.05) is 44.4 Å². The number of nitrogens with zero attached hydrogens (tertiary/aromatic N) is 3. The second kappa shape index (κ2) is 6.16. The number of sulfonamides is 1. The van der Waals surface area contributed by atoms with Crippen LogP contribution in [0.2, 0.25) is 0 Å². The summed E-state index contributed by atoms with van der Waals surface area (Å²) in [5, 5.41) is 10.8. The van der Waals surface area contributed by atoms with Crippen LogP contribution in [0.1, 0.15) is 5.56 Å². The monoisotopic (exact) mass is 341 g/mol. The first-order valence-electron chi connectivity index (χ1n) is 7.46. The topological polar surface area (TPSA) is 93.0 Å². The first-order chi connectivity index (χ1) is 10.9. The third-order valence-corrected chi connectivity index (χ3v) is 6.41. The number of morpholine rings is 1. The van der Waals surface area contributed by atoms with Gasteiger partial charge in [-0.3, -0.25) is 15.0 Å². The molecular formula is C14H19N3O5S. The Bertz CT molecular complexity index is 721. The lowest BCUT2D eigenvalue weighted by atomic mass is 10.2. The molecule has 126 valence electrons. The van der Waals surface area contributed by atoms with Crippen LogP contribution in [0.4, 0.5) is 5.69 Å². The van der Waals surface area contributed by atoms with E-state index in [0.29, 0.717) is 38.4 Å². The van der Waals surface area contributed by atoms with E-state index in [4.69, 9.17) is 4.74 Å². The zero-order valence-electron chi connectivity index (χ0n) is 12.8. The molecule has 2 heterocycles. The Labute approximate surface area is 134 Å². The van der Waals surface area contributed by atoms with Gasteiger partial charge < -0.3 is 4.74 Å². The van der Waals surface area contributed by atoms with Crippen LogP contribution < -0.4 is 0 Å². The highest BCUT2D eigenvalue weighted by Crippen LogP contribution is 2.26. The van der Waals surface area contributed by atoms with Crippen LogP contribution in [0.3, 0.4) is 0 Å². The zero-order chi connectivity index (χ0) is 16.6. The Hall–Kier alpha value is -1.55. The average Bonchev–Trinajstić information content (AvgIpc) is 2.54. The van der Waals surface area contributed by atoms with E-state index in [1.54, 1.807) is 6.92 Å². The van der Waals surface area contributed by atoms with E-state index in [9.17, 15) is 18.5 Å². The predicted molar refractivity (Wildman–Crippen MR) is 82.8 cm³/mol. The van der Waals surface area contributed by atoms with Gasteiger partial charge in [0.15, 0.2) is 0 Å². The Balaban J connectivity index is 1.85. The molecule has 2 aliphatic heterocycles. The molecule has 23 heavy (non-hydrogen) atoms. The average molecular weight is 341 g/mol. The number of nitro groups is 1. The van der Waals surface area contributed by atoms with Crippen LogP contribution in [0.5, 0.6) is 0 Å². The maximum absolute atomic E-state index is 12.9. The van der Waals surface area contributed by atoms with Crippen LogP contribution in [0.15, 0.2) is 23.1 Å². The van der Waals surface area contributed by atoms with E-state index in [-0.39, 0.29) is 16.6 Å². The molecule has 2 aliphatic rings. The molecule has 8 nitrogen and oxygen atoms in total. The molecular weight excluding hydrogens is 322 g/mol. The Kier molecular flexibility index (Phi) is 4.37. The second-order valence-electron chi connectivity index (χ2n) is 5.83. The molecule has 1 atom stereocenters. The first kappa shape index (κ1) is 16.3. The number of aryl methyl sites for hydroxylation is 1. The lowest BCUT2D eigenvalue weighted by Gasteiger charge is -2.43. The second-order valence-corrected chi connectivity index (χ2v) is 7.74. The number of piperazine rings is 1. The highest BCUT2D eigenvalue weighted by atomic mass is 32.2. The summed E-state index contributed by atoms with van der Waals surface area (Å²) in [6, 6.07) is 3.94. The van der Waals surface area contributed by atoms with Crippen LogP contribution in [-0.2, 0) is 14.8 Å². The van der Waals surface area contributed by atoms with Crippen LogP contribution >= 0.6 is 0 Å². The molecule has 2 saturated heterocycles. The number of non-ortho nitro benzene ring substituents is 1. The lowest BCUT2D eigenvalue weighted by Crippen LogP contribution is -2.59. The molecule has 0 unspecified atom stereocenters. The van der Waals surface area contributed by atoms with Crippen LogP contribution in [-0.4, -0.2) is 68.0 Å². The standard InChI is InChI=1S/C14H19N3O5S/c1-11-8-12(17(18)19)2-3-14(11)23(20,21)16-5-4-15-6-7-22-10-13(15)9-16/h2-3,8,13H,4-7,9-10H2,1H3/t13-/m1/s1. The van der Waals surface area contributed by atoms with Crippen molar-refractivity contribution in [2.75, 3.05) is 39.4 Å². The Morgan fingerprint density at radius 3 is 2.78 bits per heavy atom. The maximum Gasteiger partial charge on any atom is 0.269 e. The smallest absolute Gasteiger partial charge is 0.269 e. The molecule has 9 heteroatoms. The summed E-state index contributed by atoms with van der Waals surface area (Å²) in [5.74, 6) is 0. The van der Waals surface area contributed by atoms with Gasteiger partial charge in [0.25, 0.3) is 5.69 Å². The van der Waals surface area contributed by atoms with E-state index in [1.807, 2.05) is 0 Å². The third-order valence-electron chi connectivity index (χ3n) is 4.39. The molecule has 0 radical (unpaired) electrons. The van der Waals surface area contributed by atoms with Gasteiger partial charge in [0.1, 0.15) is 0 Å². The fourth-order valence-electron chi connectivity index (χ4n) is 3.11. The van der Waals surface area contributed by atoms with Gasteiger partial charge in [-0.15, -0.1) is 0 Å². The van der Waals surface area contributed by atoms with E-state index >= 15 is 0 Å². The summed E-state index contributed by atoms with van der Waals surface area (Å²) in [4.78, 5) is 12.7. The van der Waals surface area contributed by atoms with Crippen molar-refractivity contribution >= 4 is 15.7 Å². The SMILES string of the molecule is Cc1cc([N+](=O)[O-])ccc1S(=O)(=O)N1CCN2CCOC[C@H]2C1. The van der Waals surface area contributed by atoms with Gasteiger partial charge in [-0.05, 0) is 18.6 Å². The van der Waals surface area contributed by atoms with E-state index in [0.717, 1.165) is 6.54 Å². The molecule has 1 aromatic rings. The van der Waals surface area contributed by atoms with Gasteiger partial charge in [0.2, 0.25) is 10.0 Å². The maximum atomic E-state index is 12.9. The molecule has 0 aromatic heterocycles. The molecule has 0 N–H and O–H groups in total. The van der Waals surface area contributed by atoms with Crippen molar-refractivity contribution < 1.29 is 18.1 Å². The number of rotatable bonds is 3. The van der Waals surface area contributed by atoms with Crippen molar-refractivity contribution in [3.8, 4) is 0 Å². The largest absolute Gasteiger partial charge is 0.378 e. The summed E-state index contributed by atoms with van der Waals surface area (Å²) in [5.41, 5.74) is 0.286. The van der Waals surface area contributed by atoms with Crippen molar-refractivity contribution in [2.45, 2.75) is 17.9 Å². The molecule has 0 aliphatic carbocycles. The molecule has 0 amide bonds. The first-order valence-corrected chi connectivity index (χ1v) is 8.90. The summed E-state index contributed by atoms with van der Waals surface area (Å²) in [7, 11) is -3.66. The summed E-state index contributed by atoms with van der Waals surface area (Å²) in [6.45, 7) is 5.12. The molecule has 0 spiro atoms. The van der Waals surface area contributed by atoms with Crippen molar-refractivity contribution in [1.82, 2.24) is 9.21 Å². The highest BCUT2D eigenvalue weighted by Gasteiger charge is 2.36. The van der Waals surface area contributed by atoms with Gasteiger partial charge in [0.05, 0.1) is 23.0 Å². The number of benzene rings is 1. The van der Waals surface area contributed by atoms with Gasteiger partial charge in [-0.1, -0.05) is 0 Å². The normalized spacial score (nSPS) is 23.4. The van der Waals surface area contributed by atoms with Crippen molar-refractivity contribution in [1.29, 1.82) is 0 Å². The molecule has 2 fully saturated rings. The minimum atomic E-state index is -3.66. The summed E-state index contributed by atoms with van der Waals surface area (Å²) >= 11 is 0. The van der Waals surface area contributed by atoms with Crippen LogP contribution in [0, 0.1) is 17.0 Å². The zero-order valence-corrected chi connectivity index (χ0v) is 13.7. The molecule has 3 rings (SSSR count). The highest BCUT2D eigenvalue weighted by molar-refractivity contribution is 7.89. The number of nitro benzene ring substituents is 1.